The molecule has 2 aliphatic rings. The van der Waals surface area contributed by atoms with Crippen molar-refractivity contribution in [1.29, 1.82) is 0 Å². The largest absolute Gasteiger partial charge is 0.352 e. The summed E-state index contributed by atoms with van der Waals surface area (Å²) in [4.78, 5) is 14.2. The lowest BCUT2D eigenvalue weighted by atomic mass is 9.86. The van der Waals surface area contributed by atoms with E-state index in [1.165, 1.54) is 19.3 Å². The monoisotopic (exact) mass is 239 g/mol. The number of nitrogens with zero attached hydrogens (tertiary/aromatic N) is 1. The van der Waals surface area contributed by atoms with E-state index in [2.05, 4.69) is 22.5 Å². The molecule has 0 aromatic rings. The van der Waals surface area contributed by atoms with E-state index < -0.39 is 0 Å². The average molecular weight is 239 g/mol. The normalized spacial score (nSPS) is 31.1. The third kappa shape index (κ3) is 3.96. The molecule has 1 aliphatic heterocycles. The summed E-state index contributed by atoms with van der Waals surface area (Å²) in [5.74, 6) is 0.862. The van der Waals surface area contributed by atoms with E-state index in [0.29, 0.717) is 18.5 Å². The van der Waals surface area contributed by atoms with Gasteiger partial charge in [-0.3, -0.25) is 9.69 Å². The highest BCUT2D eigenvalue weighted by atomic mass is 16.2. The van der Waals surface area contributed by atoms with Gasteiger partial charge in [0.2, 0.25) is 5.91 Å². The van der Waals surface area contributed by atoms with Crippen LogP contribution in [-0.2, 0) is 4.79 Å². The van der Waals surface area contributed by atoms with Gasteiger partial charge in [-0.25, -0.2) is 0 Å². The zero-order chi connectivity index (χ0) is 12.1. The standard InChI is InChI=1S/C13H25N3O/c1-11-4-2-3-5-12(11)15-13(17)10-16-8-6-14-7-9-16/h11-12,14H,2-10H2,1H3,(H,15,17). The zero-order valence-corrected chi connectivity index (χ0v) is 10.9. The predicted molar refractivity (Wildman–Crippen MR) is 68.9 cm³/mol. The van der Waals surface area contributed by atoms with Gasteiger partial charge in [0.1, 0.15) is 0 Å². The Morgan fingerprint density at radius 3 is 2.71 bits per heavy atom. The minimum Gasteiger partial charge on any atom is -0.352 e. The van der Waals surface area contributed by atoms with Crippen LogP contribution in [-0.4, -0.2) is 49.6 Å². The first-order valence-corrected chi connectivity index (χ1v) is 6.98. The van der Waals surface area contributed by atoms with Crippen LogP contribution in [0.5, 0.6) is 0 Å². The van der Waals surface area contributed by atoms with Crippen molar-refractivity contribution in [2.24, 2.45) is 5.92 Å². The molecule has 2 rings (SSSR count). The van der Waals surface area contributed by atoms with Crippen LogP contribution in [0, 0.1) is 5.92 Å². The Balaban J connectivity index is 1.72. The minimum atomic E-state index is 0.214. The summed E-state index contributed by atoms with van der Waals surface area (Å²) >= 11 is 0. The molecule has 2 N–H and O–H groups in total. The van der Waals surface area contributed by atoms with Gasteiger partial charge in [-0.2, -0.15) is 0 Å². The number of amides is 1. The van der Waals surface area contributed by atoms with Crippen molar-refractivity contribution in [2.75, 3.05) is 32.7 Å². The number of rotatable bonds is 3. The molecular weight excluding hydrogens is 214 g/mol. The lowest BCUT2D eigenvalue weighted by Crippen LogP contribution is -2.50. The molecular formula is C13H25N3O. The first-order chi connectivity index (χ1) is 8.25. The van der Waals surface area contributed by atoms with Gasteiger partial charge >= 0.3 is 0 Å². The predicted octanol–water partition coefficient (Wildman–Crippen LogP) is 0.587. The first kappa shape index (κ1) is 12.8. The summed E-state index contributed by atoms with van der Waals surface area (Å²) in [5.41, 5.74) is 0. The zero-order valence-electron chi connectivity index (χ0n) is 10.9. The van der Waals surface area contributed by atoms with E-state index >= 15 is 0 Å². The second kappa shape index (κ2) is 6.36. The topological polar surface area (TPSA) is 44.4 Å². The molecule has 1 aliphatic carbocycles. The number of hydrogen-bond acceptors (Lipinski definition) is 3. The van der Waals surface area contributed by atoms with Crippen LogP contribution < -0.4 is 10.6 Å². The lowest BCUT2D eigenvalue weighted by molar-refractivity contribution is -0.123. The van der Waals surface area contributed by atoms with Crippen molar-refractivity contribution < 1.29 is 4.79 Å². The number of piperazine rings is 1. The van der Waals surface area contributed by atoms with Crippen LogP contribution in [0.3, 0.4) is 0 Å². The molecule has 98 valence electrons. The molecule has 4 nitrogen and oxygen atoms in total. The van der Waals surface area contributed by atoms with Crippen molar-refractivity contribution in [1.82, 2.24) is 15.5 Å². The maximum absolute atomic E-state index is 12.0. The van der Waals surface area contributed by atoms with Crippen molar-refractivity contribution in [2.45, 2.75) is 38.6 Å². The summed E-state index contributed by atoms with van der Waals surface area (Å²) < 4.78 is 0. The van der Waals surface area contributed by atoms with E-state index in [1.54, 1.807) is 0 Å². The maximum atomic E-state index is 12.0. The summed E-state index contributed by atoms with van der Waals surface area (Å²) in [6.07, 6.45) is 5.02. The summed E-state index contributed by atoms with van der Waals surface area (Å²) in [5, 5.41) is 6.52. The van der Waals surface area contributed by atoms with E-state index in [1.807, 2.05) is 0 Å². The van der Waals surface area contributed by atoms with Crippen LogP contribution in [0.1, 0.15) is 32.6 Å². The van der Waals surface area contributed by atoms with Crippen molar-refractivity contribution in [3.63, 3.8) is 0 Å². The first-order valence-electron chi connectivity index (χ1n) is 6.98. The van der Waals surface area contributed by atoms with Gasteiger partial charge in [0, 0.05) is 32.2 Å². The number of hydrogen-bond donors (Lipinski definition) is 2. The molecule has 1 saturated carbocycles. The fraction of sp³-hybridized carbons (Fsp3) is 0.923. The highest BCUT2D eigenvalue weighted by molar-refractivity contribution is 5.78. The van der Waals surface area contributed by atoms with Gasteiger partial charge in [0.15, 0.2) is 0 Å². The van der Waals surface area contributed by atoms with Gasteiger partial charge < -0.3 is 10.6 Å². The average Bonchev–Trinajstić information content (AvgIpc) is 2.33. The second-order valence-corrected chi connectivity index (χ2v) is 5.46. The van der Waals surface area contributed by atoms with Gasteiger partial charge in [-0.15, -0.1) is 0 Å². The third-order valence-electron chi connectivity index (χ3n) is 4.03. The fourth-order valence-corrected chi connectivity index (χ4v) is 2.86. The molecule has 2 atom stereocenters. The molecule has 2 fully saturated rings. The minimum absolute atomic E-state index is 0.214. The third-order valence-corrected chi connectivity index (χ3v) is 4.03. The lowest BCUT2D eigenvalue weighted by Gasteiger charge is -2.31. The fourth-order valence-electron chi connectivity index (χ4n) is 2.86. The SMILES string of the molecule is CC1CCCCC1NC(=O)CN1CCNCC1. The van der Waals surface area contributed by atoms with Gasteiger partial charge in [0.25, 0.3) is 0 Å². The molecule has 0 radical (unpaired) electrons. The summed E-state index contributed by atoms with van der Waals surface area (Å²) in [6, 6.07) is 0.416. The van der Waals surface area contributed by atoms with Gasteiger partial charge in [-0.1, -0.05) is 19.8 Å². The molecule has 0 bridgehead atoms. The van der Waals surface area contributed by atoms with Crippen molar-refractivity contribution in [3.05, 3.63) is 0 Å². The quantitative estimate of drug-likeness (QED) is 0.757. The highest BCUT2D eigenvalue weighted by Gasteiger charge is 2.23. The summed E-state index contributed by atoms with van der Waals surface area (Å²) in [7, 11) is 0. The van der Waals surface area contributed by atoms with Crippen molar-refractivity contribution in [3.8, 4) is 0 Å². The van der Waals surface area contributed by atoms with Crippen LogP contribution in [0.25, 0.3) is 0 Å². The molecule has 1 amide bonds. The number of carbonyl (C=O) groups is 1. The Kier molecular flexibility index (Phi) is 4.80. The molecule has 2 unspecified atom stereocenters. The molecule has 17 heavy (non-hydrogen) atoms. The van der Waals surface area contributed by atoms with E-state index in [0.717, 1.165) is 32.6 Å². The molecule has 0 aromatic carbocycles. The Bertz CT molecular complexity index is 251. The van der Waals surface area contributed by atoms with Crippen molar-refractivity contribution >= 4 is 5.91 Å². The molecule has 0 aromatic heterocycles. The van der Waals surface area contributed by atoms with Crippen LogP contribution in [0.15, 0.2) is 0 Å². The molecule has 1 heterocycles. The number of nitrogens with one attached hydrogen (secondary N) is 2. The summed E-state index contributed by atoms with van der Waals surface area (Å²) in [6.45, 7) is 6.83. The van der Waals surface area contributed by atoms with E-state index in [9.17, 15) is 4.79 Å². The van der Waals surface area contributed by atoms with Crippen LogP contribution >= 0.6 is 0 Å². The van der Waals surface area contributed by atoms with Crippen LogP contribution in [0.2, 0.25) is 0 Å². The molecule has 1 saturated heterocycles. The Morgan fingerprint density at radius 2 is 2.00 bits per heavy atom. The smallest absolute Gasteiger partial charge is 0.234 e. The van der Waals surface area contributed by atoms with Gasteiger partial charge in [-0.05, 0) is 18.8 Å². The Morgan fingerprint density at radius 1 is 1.29 bits per heavy atom. The van der Waals surface area contributed by atoms with Crippen LogP contribution in [0.4, 0.5) is 0 Å². The Hall–Kier alpha value is -0.610. The second-order valence-electron chi connectivity index (χ2n) is 5.46. The van der Waals surface area contributed by atoms with E-state index in [4.69, 9.17) is 0 Å². The number of carbonyl (C=O) groups excluding carboxylic acids is 1. The highest BCUT2D eigenvalue weighted by Crippen LogP contribution is 2.23. The van der Waals surface area contributed by atoms with Gasteiger partial charge in [0.05, 0.1) is 6.54 Å². The van der Waals surface area contributed by atoms with E-state index in [-0.39, 0.29) is 5.91 Å². The molecule has 4 heteroatoms. The maximum Gasteiger partial charge on any atom is 0.234 e. The molecule has 0 spiro atoms. The Labute approximate surface area is 104 Å².